The van der Waals surface area contributed by atoms with Crippen molar-refractivity contribution in [2.45, 2.75) is 12.8 Å². The zero-order valence-electron chi connectivity index (χ0n) is 13.8. The molecule has 2 aliphatic rings. The Morgan fingerprint density at radius 3 is 2.68 bits per heavy atom. The summed E-state index contributed by atoms with van der Waals surface area (Å²) in [4.78, 5) is 29.1. The Morgan fingerprint density at radius 2 is 1.96 bits per heavy atom. The van der Waals surface area contributed by atoms with Crippen LogP contribution in [0.2, 0.25) is 0 Å². The zero-order valence-corrected chi connectivity index (χ0v) is 15.5. The predicted octanol–water partition coefficient (Wildman–Crippen LogP) is 3.16. The third kappa shape index (κ3) is 4.68. The molecule has 0 spiro atoms. The molecule has 0 aliphatic carbocycles. The standard InChI is InChI=1S/C18H20N2O3S2/c21-16(19-9-11-23-12-10-19)7-4-8-20-17(24)15(25-18(20)22)13-14-5-2-1-3-6-14/h1-3,5-6,13H,4,7-12H2/b15-13+. The molecule has 25 heavy (non-hydrogen) atoms. The molecule has 0 unspecified atom stereocenters. The van der Waals surface area contributed by atoms with Crippen molar-refractivity contribution in [2.24, 2.45) is 0 Å². The van der Waals surface area contributed by atoms with Gasteiger partial charge in [-0.3, -0.25) is 14.5 Å². The summed E-state index contributed by atoms with van der Waals surface area (Å²) in [5, 5.41) is -0.0639. The molecule has 1 aromatic rings. The molecule has 2 heterocycles. The SMILES string of the molecule is O=C(CCCN1C(=O)S/C(=C/c2ccccc2)C1=S)N1CCOCC1. The fraction of sp³-hybridized carbons (Fsp3) is 0.389. The van der Waals surface area contributed by atoms with Gasteiger partial charge in [0.05, 0.1) is 18.1 Å². The van der Waals surface area contributed by atoms with Gasteiger partial charge < -0.3 is 9.64 Å². The molecule has 1 aromatic carbocycles. The van der Waals surface area contributed by atoms with Gasteiger partial charge in [-0.2, -0.15) is 0 Å². The van der Waals surface area contributed by atoms with Crippen molar-refractivity contribution in [2.75, 3.05) is 32.8 Å². The molecule has 3 rings (SSSR count). The van der Waals surface area contributed by atoms with Gasteiger partial charge in [-0.05, 0) is 29.8 Å². The van der Waals surface area contributed by atoms with E-state index in [2.05, 4.69) is 0 Å². The fourth-order valence-electron chi connectivity index (χ4n) is 2.75. The highest BCUT2D eigenvalue weighted by atomic mass is 32.2. The summed E-state index contributed by atoms with van der Waals surface area (Å²) in [5.74, 6) is 0.119. The highest BCUT2D eigenvalue weighted by Gasteiger charge is 2.31. The van der Waals surface area contributed by atoms with Gasteiger partial charge in [-0.15, -0.1) is 0 Å². The Hall–Kier alpha value is -1.70. The molecule has 2 fully saturated rings. The van der Waals surface area contributed by atoms with Crippen molar-refractivity contribution in [3.63, 3.8) is 0 Å². The average molecular weight is 377 g/mol. The Bertz CT molecular complexity index is 685. The van der Waals surface area contributed by atoms with E-state index in [4.69, 9.17) is 17.0 Å². The molecule has 7 heteroatoms. The van der Waals surface area contributed by atoms with E-state index in [1.165, 1.54) is 0 Å². The van der Waals surface area contributed by atoms with Crippen LogP contribution in [0.15, 0.2) is 35.2 Å². The van der Waals surface area contributed by atoms with Gasteiger partial charge in [0.2, 0.25) is 5.91 Å². The summed E-state index contributed by atoms with van der Waals surface area (Å²) in [7, 11) is 0. The Labute approximate surface area is 157 Å². The van der Waals surface area contributed by atoms with E-state index in [9.17, 15) is 9.59 Å². The summed E-state index contributed by atoms with van der Waals surface area (Å²) < 4.78 is 5.25. The zero-order chi connectivity index (χ0) is 17.6. The lowest BCUT2D eigenvalue weighted by Gasteiger charge is -2.27. The average Bonchev–Trinajstić information content (AvgIpc) is 2.90. The number of thiocarbonyl (C=S) groups is 1. The number of thioether (sulfide) groups is 1. The Kier molecular flexibility index (Phi) is 6.23. The summed E-state index contributed by atoms with van der Waals surface area (Å²) >= 11 is 6.60. The first-order valence-electron chi connectivity index (χ1n) is 8.31. The second-order valence-corrected chi connectivity index (χ2v) is 7.22. The number of nitrogens with zero attached hydrogens (tertiary/aromatic N) is 2. The van der Waals surface area contributed by atoms with Crippen LogP contribution in [-0.4, -0.2) is 58.8 Å². The van der Waals surface area contributed by atoms with Crippen LogP contribution in [0.3, 0.4) is 0 Å². The second kappa shape index (κ2) is 8.60. The monoisotopic (exact) mass is 376 g/mol. The topological polar surface area (TPSA) is 49.9 Å². The van der Waals surface area contributed by atoms with Crippen LogP contribution in [0.25, 0.3) is 6.08 Å². The van der Waals surface area contributed by atoms with E-state index >= 15 is 0 Å². The van der Waals surface area contributed by atoms with Crippen LogP contribution in [0.1, 0.15) is 18.4 Å². The van der Waals surface area contributed by atoms with Crippen molar-refractivity contribution >= 4 is 46.2 Å². The number of carbonyl (C=O) groups is 2. The van der Waals surface area contributed by atoms with Gasteiger partial charge in [0.15, 0.2) is 0 Å². The molecule has 0 radical (unpaired) electrons. The molecule has 5 nitrogen and oxygen atoms in total. The lowest BCUT2D eigenvalue weighted by Crippen LogP contribution is -2.41. The van der Waals surface area contributed by atoms with Crippen LogP contribution in [-0.2, 0) is 9.53 Å². The van der Waals surface area contributed by atoms with Crippen LogP contribution < -0.4 is 0 Å². The lowest BCUT2D eigenvalue weighted by molar-refractivity contribution is -0.135. The molecule has 0 aromatic heterocycles. The summed E-state index contributed by atoms with van der Waals surface area (Å²) in [6.45, 7) is 2.99. The van der Waals surface area contributed by atoms with E-state index in [1.807, 2.05) is 41.3 Å². The smallest absolute Gasteiger partial charge is 0.291 e. The van der Waals surface area contributed by atoms with Crippen molar-refractivity contribution in [3.05, 3.63) is 40.8 Å². The van der Waals surface area contributed by atoms with E-state index in [1.54, 1.807) is 4.90 Å². The van der Waals surface area contributed by atoms with Crippen molar-refractivity contribution in [3.8, 4) is 0 Å². The molecule has 2 saturated heterocycles. The third-order valence-electron chi connectivity index (χ3n) is 4.11. The predicted molar refractivity (Wildman–Crippen MR) is 103 cm³/mol. The summed E-state index contributed by atoms with van der Waals surface area (Å²) in [6, 6.07) is 9.80. The van der Waals surface area contributed by atoms with Gasteiger partial charge in [-0.1, -0.05) is 42.5 Å². The molecule has 0 bridgehead atoms. The van der Waals surface area contributed by atoms with E-state index in [0.29, 0.717) is 50.7 Å². The minimum Gasteiger partial charge on any atom is -0.378 e. The number of benzene rings is 1. The van der Waals surface area contributed by atoms with Crippen molar-refractivity contribution in [1.82, 2.24) is 9.80 Å². The Balaban J connectivity index is 1.52. The molecule has 2 aliphatic heterocycles. The molecule has 0 atom stereocenters. The lowest BCUT2D eigenvalue weighted by atomic mass is 10.2. The van der Waals surface area contributed by atoms with Gasteiger partial charge in [0.1, 0.15) is 4.99 Å². The highest BCUT2D eigenvalue weighted by molar-refractivity contribution is 8.19. The van der Waals surface area contributed by atoms with Gasteiger partial charge >= 0.3 is 0 Å². The Morgan fingerprint density at radius 1 is 1.24 bits per heavy atom. The number of amides is 2. The van der Waals surface area contributed by atoms with E-state index in [-0.39, 0.29) is 11.1 Å². The molecule has 2 amide bonds. The molecular formula is C18H20N2O3S2. The molecule has 0 saturated carbocycles. The van der Waals surface area contributed by atoms with E-state index in [0.717, 1.165) is 22.2 Å². The van der Waals surface area contributed by atoms with Crippen LogP contribution in [0.5, 0.6) is 0 Å². The third-order valence-corrected chi connectivity index (χ3v) is 5.60. The van der Waals surface area contributed by atoms with Crippen LogP contribution in [0, 0.1) is 0 Å². The normalized spacial score (nSPS) is 19.8. The first kappa shape index (κ1) is 18.1. The van der Waals surface area contributed by atoms with Crippen LogP contribution in [0.4, 0.5) is 4.79 Å². The number of hydrogen-bond acceptors (Lipinski definition) is 5. The quantitative estimate of drug-likeness (QED) is 0.584. The molecule has 0 N–H and O–H groups in total. The number of ether oxygens (including phenoxy) is 1. The maximum atomic E-state index is 12.2. The molecule has 132 valence electrons. The van der Waals surface area contributed by atoms with Gasteiger partial charge in [0.25, 0.3) is 5.24 Å². The summed E-state index contributed by atoms with van der Waals surface area (Å²) in [5.41, 5.74) is 1.02. The fourth-order valence-corrected chi connectivity index (χ4v) is 4.04. The van der Waals surface area contributed by atoms with Crippen molar-refractivity contribution in [1.29, 1.82) is 0 Å². The maximum Gasteiger partial charge on any atom is 0.291 e. The molecular weight excluding hydrogens is 356 g/mol. The van der Waals surface area contributed by atoms with E-state index < -0.39 is 0 Å². The minimum atomic E-state index is -0.0639. The maximum absolute atomic E-state index is 12.2. The number of morpholine rings is 1. The first-order chi connectivity index (χ1) is 12.1. The van der Waals surface area contributed by atoms with Crippen LogP contribution >= 0.6 is 24.0 Å². The number of rotatable bonds is 5. The minimum absolute atomic E-state index is 0.0639. The number of carbonyl (C=O) groups excluding carboxylic acids is 2. The van der Waals surface area contributed by atoms with Crippen molar-refractivity contribution < 1.29 is 14.3 Å². The summed E-state index contributed by atoms with van der Waals surface area (Å²) in [6.07, 6.45) is 2.97. The largest absolute Gasteiger partial charge is 0.378 e. The van der Waals surface area contributed by atoms with Gasteiger partial charge in [-0.25, -0.2) is 0 Å². The highest BCUT2D eigenvalue weighted by Crippen LogP contribution is 2.33. The van der Waals surface area contributed by atoms with Gasteiger partial charge in [0, 0.05) is 26.1 Å². The first-order valence-corrected chi connectivity index (χ1v) is 9.53. The second-order valence-electron chi connectivity index (χ2n) is 5.84. The number of hydrogen-bond donors (Lipinski definition) is 0.